The Hall–Kier alpha value is -4.74. The number of carbonyl (C=O) groups excluding carboxylic acids is 2. The van der Waals surface area contributed by atoms with Gasteiger partial charge in [-0.25, -0.2) is 9.26 Å². The maximum atomic E-state index is 12.6. The van der Waals surface area contributed by atoms with Crippen LogP contribution in [0.2, 0.25) is 0 Å². The van der Waals surface area contributed by atoms with Gasteiger partial charge in [0, 0.05) is 25.0 Å². The molecule has 1 fully saturated rings. The number of carbonyl (C=O) groups is 2. The van der Waals surface area contributed by atoms with E-state index in [2.05, 4.69) is 31.3 Å². The third-order valence-electron chi connectivity index (χ3n) is 5.73. The molecule has 4 aromatic rings. The van der Waals surface area contributed by atoms with Gasteiger partial charge >= 0.3 is 0 Å². The molecule has 1 saturated heterocycles. The van der Waals surface area contributed by atoms with Crippen molar-refractivity contribution >= 4 is 23.5 Å². The van der Waals surface area contributed by atoms with Crippen LogP contribution < -0.4 is 10.6 Å². The summed E-state index contributed by atoms with van der Waals surface area (Å²) in [6, 6.07) is 18.7. The Balaban J connectivity index is 1.50. The van der Waals surface area contributed by atoms with E-state index in [-0.39, 0.29) is 18.5 Å². The molecule has 0 bridgehead atoms. The van der Waals surface area contributed by atoms with Crippen molar-refractivity contribution in [2.24, 2.45) is 0 Å². The van der Waals surface area contributed by atoms with Crippen LogP contribution in [0.15, 0.2) is 69.9 Å². The Kier molecular flexibility index (Phi) is 5.83. The lowest BCUT2D eigenvalue weighted by Crippen LogP contribution is -2.49. The van der Waals surface area contributed by atoms with Gasteiger partial charge in [0.15, 0.2) is 11.4 Å². The van der Waals surface area contributed by atoms with E-state index in [1.54, 1.807) is 0 Å². The Morgan fingerprint density at radius 2 is 1.11 bits per heavy atom. The van der Waals surface area contributed by atoms with E-state index < -0.39 is 12.3 Å². The van der Waals surface area contributed by atoms with Crippen molar-refractivity contribution in [3.8, 4) is 22.5 Å². The summed E-state index contributed by atoms with van der Waals surface area (Å²) in [4.78, 5) is 28.1. The van der Waals surface area contributed by atoms with Gasteiger partial charge in [0.2, 0.25) is 23.5 Å². The summed E-state index contributed by atoms with van der Waals surface area (Å²) in [5.74, 6) is 0.173. The minimum atomic E-state index is -0.730. The van der Waals surface area contributed by atoms with Crippen molar-refractivity contribution in [3.05, 3.63) is 60.7 Å². The number of anilines is 2. The SMILES string of the molecule is CC(=O)N1CN(C(C)=O)C(Nc2nonc2-c2ccccc2)C1Nc1nonc1-c1ccccc1. The van der Waals surface area contributed by atoms with Crippen LogP contribution in [-0.2, 0) is 9.59 Å². The standard InChI is InChI=1S/C23H22N8O4/c1-14(32)30-13-31(15(2)33)23(25-21-19(27-35-29-21)17-11-7-4-8-12-17)22(30)24-20-18(26-34-28-20)16-9-5-3-6-10-16/h3-12,22-23H,13H2,1-2H3,(H,24,28)(H,25,29). The van der Waals surface area contributed by atoms with Crippen LogP contribution in [0.1, 0.15) is 13.8 Å². The van der Waals surface area contributed by atoms with Crippen molar-refractivity contribution in [2.45, 2.75) is 26.2 Å². The number of rotatable bonds is 6. The molecule has 2 amide bonds. The zero-order valence-electron chi connectivity index (χ0n) is 19.0. The Bertz CT molecular complexity index is 1220. The summed E-state index contributed by atoms with van der Waals surface area (Å²) in [5, 5.41) is 22.5. The fourth-order valence-electron chi connectivity index (χ4n) is 4.00. The molecule has 35 heavy (non-hydrogen) atoms. The van der Waals surface area contributed by atoms with Gasteiger partial charge in [0.1, 0.15) is 12.3 Å². The van der Waals surface area contributed by atoms with E-state index in [4.69, 9.17) is 9.26 Å². The molecule has 0 radical (unpaired) electrons. The number of hydrogen-bond donors (Lipinski definition) is 2. The summed E-state index contributed by atoms with van der Waals surface area (Å²) >= 11 is 0. The Morgan fingerprint density at radius 3 is 1.49 bits per heavy atom. The number of nitrogens with one attached hydrogen (secondary N) is 2. The maximum Gasteiger partial charge on any atom is 0.222 e. The van der Waals surface area contributed by atoms with E-state index in [0.717, 1.165) is 11.1 Å². The highest BCUT2D eigenvalue weighted by Crippen LogP contribution is 2.31. The molecule has 2 aromatic carbocycles. The van der Waals surface area contributed by atoms with E-state index >= 15 is 0 Å². The minimum Gasteiger partial charge on any atom is -0.342 e. The second-order valence-corrected chi connectivity index (χ2v) is 7.95. The average Bonchev–Trinajstić information content (AvgIpc) is 3.60. The maximum absolute atomic E-state index is 12.6. The first-order valence-corrected chi connectivity index (χ1v) is 10.9. The molecule has 0 spiro atoms. The highest BCUT2D eigenvalue weighted by atomic mass is 16.6. The molecule has 178 valence electrons. The van der Waals surface area contributed by atoms with Crippen LogP contribution in [0.25, 0.3) is 22.5 Å². The van der Waals surface area contributed by atoms with Crippen molar-refractivity contribution < 1.29 is 18.8 Å². The number of nitrogens with zero attached hydrogens (tertiary/aromatic N) is 6. The number of amides is 2. The van der Waals surface area contributed by atoms with Gasteiger partial charge in [-0.3, -0.25) is 9.59 Å². The molecule has 1 aliphatic heterocycles. The number of hydrogen-bond acceptors (Lipinski definition) is 10. The van der Waals surface area contributed by atoms with Crippen molar-refractivity contribution in [1.82, 2.24) is 30.4 Å². The lowest BCUT2D eigenvalue weighted by molar-refractivity contribution is -0.132. The zero-order valence-corrected chi connectivity index (χ0v) is 19.0. The first-order valence-electron chi connectivity index (χ1n) is 10.9. The summed E-state index contributed by atoms with van der Waals surface area (Å²) < 4.78 is 9.99. The molecule has 2 atom stereocenters. The fraction of sp³-hybridized carbons (Fsp3) is 0.217. The zero-order chi connectivity index (χ0) is 24.4. The second kappa shape index (κ2) is 9.25. The minimum absolute atomic E-state index is 0.0535. The van der Waals surface area contributed by atoms with E-state index in [0.29, 0.717) is 23.0 Å². The molecule has 12 heteroatoms. The van der Waals surface area contributed by atoms with E-state index in [9.17, 15) is 9.59 Å². The van der Waals surface area contributed by atoms with Crippen LogP contribution in [0.5, 0.6) is 0 Å². The quantitative estimate of drug-likeness (QED) is 0.428. The third-order valence-corrected chi connectivity index (χ3v) is 5.73. The molecular formula is C23H22N8O4. The lowest BCUT2D eigenvalue weighted by atomic mass is 10.1. The summed E-state index contributed by atoms with van der Waals surface area (Å²) in [6.45, 7) is 2.92. The van der Waals surface area contributed by atoms with Crippen molar-refractivity contribution in [3.63, 3.8) is 0 Å². The van der Waals surface area contributed by atoms with Crippen molar-refractivity contribution in [2.75, 3.05) is 17.3 Å². The third kappa shape index (κ3) is 4.28. The molecule has 12 nitrogen and oxygen atoms in total. The van der Waals surface area contributed by atoms with Gasteiger partial charge in [-0.15, -0.1) is 0 Å². The normalized spacial score (nSPS) is 17.4. The fourth-order valence-corrected chi connectivity index (χ4v) is 4.00. The molecule has 1 aliphatic rings. The van der Waals surface area contributed by atoms with Crippen molar-refractivity contribution in [1.29, 1.82) is 0 Å². The van der Waals surface area contributed by atoms with Gasteiger partial charge < -0.3 is 20.4 Å². The summed E-state index contributed by atoms with van der Waals surface area (Å²) in [6.07, 6.45) is -1.46. The predicted octanol–water partition coefficient (Wildman–Crippen LogP) is 2.63. The topological polar surface area (TPSA) is 143 Å². The Labute approximate surface area is 199 Å². The molecule has 0 saturated carbocycles. The second-order valence-electron chi connectivity index (χ2n) is 7.95. The summed E-state index contributed by atoms with van der Waals surface area (Å²) in [7, 11) is 0. The van der Waals surface area contributed by atoms with Gasteiger partial charge in [-0.1, -0.05) is 60.7 Å². The van der Waals surface area contributed by atoms with Crippen LogP contribution in [-0.4, -0.2) is 61.2 Å². The Morgan fingerprint density at radius 1 is 0.714 bits per heavy atom. The average molecular weight is 474 g/mol. The van der Waals surface area contributed by atoms with E-state index in [1.165, 1.54) is 23.6 Å². The summed E-state index contributed by atoms with van der Waals surface area (Å²) in [5.41, 5.74) is 2.51. The smallest absolute Gasteiger partial charge is 0.222 e. The van der Waals surface area contributed by atoms with Gasteiger partial charge in [-0.2, -0.15) is 0 Å². The van der Waals surface area contributed by atoms with Crippen LogP contribution in [0.3, 0.4) is 0 Å². The van der Waals surface area contributed by atoms with E-state index in [1.807, 2.05) is 60.7 Å². The molecule has 3 heterocycles. The molecular weight excluding hydrogens is 452 g/mol. The highest BCUT2D eigenvalue weighted by molar-refractivity contribution is 5.80. The van der Waals surface area contributed by atoms with Gasteiger partial charge in [0.25, 0.3) is 0 Å². The molecule has 2 unspecified atom stereocenters. The van der Waals surface area contributed by atoms with Crippen LogP contribution in [0, 0.1) is 0 Å². The largest absolute Gasteiger partial charge is 0.342 e. The predicted molar refractivity (Wildman–Crippen MR) is 124 cm³/mol. The molecule has 2 N–H and O–H groups in total. The number of benzene rings is 2. The first-order chi connectivity index (χ1) is 17.0. The molecule has 5 rings (SSSR count). The van der Waals surface area contributed by atoms with Crippen LogP contribution >= 0.6 is 0 Å². The van der Waals surface area contributed by atoms with Gasteiger partial charge in [0.05, 0.1) is 6.67 Å². The first kappa shape index (κ1) is 22.1. The highest BCUT2D eigenvalue weighted by Gasteiger charge is 2.44. The number of aromatic nitrogens is 4. The molecule has 2 aromatic heterocycles. The van der Waals surface area contributed by atoms with Gasteiger partial charge in [-0.05, 0) is 20.6 Å². The van der Waals surface area contributed by atoms with Crippen LogP contribution in [0.4, 0.5) is 11.6 Å². The molecule has 0 aliphatic carbocycles. The lowest BCUT2D eigenvalue weighted by Gasteiger charge is -2.28. The monoisotopic (exact) mass is 474 g/mol.